The van der Waals surface area contributed by atoms with Gasteiger partial charge in [-0.25, -0.2) is 9.78 Å². The molecule has 0 radical (unpaired) electrons. The summed E-state index contributed by atoms with van der Waals surface area (Å²) in [6.07, 6.45) is 1.90. The Labute approximate surface area is 144 Å². The molecule has 3 rings (SSSR count). The molecule has 1 N–H and O–H groups in total. The Morgan fingerprint density at radius 3 is 2.88 bits per heavy atom. The Morgan fingerprint density at radius 1 is 1.42 bits per heavy atom. The normalized spacial score (nSPS) is 12.9. The molecule has 2 aromatic heterocycles. The van der Waals surface area contributed by atoms with E-state index >= 15 is 0 Å². The summed E-state index contributed by atoms with van der Waals surface area (Å²) in [7, 11) is 3.97. The number of oxazole rings is 1. The van der Waals surface area contributed by atoms with Gasteiger partial charge in [0.15, 0.2) is 5.58 Å². The first-order chi connectivity index (χ1) is 11.4. The van der Waals surface area contributed by atoms with E-state index in [1.165, 1.54) is 4.88 Å². The van der Waals surface area contributed by atoms with Crippen LogP contribution in [0.2, 0.25) is 0 Å². The van der Waals surface area contributed by atoms with Crippen molar-refractivity contribution in [2.45, 2.75) is 26.4 Å². The lowest BCUT2D eigenvalue weighted by Crippen LogP contribution is -2.23. The first-order valence-corrected chi connectivity index (χ1v) is 8.72. The van der Waals surface area contributed by atoms with Crippen LogP contribution in [0.3, 0.4) is 0 Å². The number of aromatic nitrogens is 2. The zero-order valence-corrected chi connectivity index (χ0v) is 15.2. The lowest BCUT2D eigenvalue weighted by Gasteiger charge is -2.14. The minimum Gasteiger partial charge on any atom is -0.408 e. The predicted octanol–water partition coefficient (Wildman–Crippen LogP) is 3.09. The van der Waals surface area contributed by atoms with Crippen LogP contribution in [0.25, 0.3) is 11.1 Å². The highest BCUT2D eigenvalue weighted by Crippen LogP contribution is 2.26. The summed E-state index contributed by atoms with van der Waals surface area (Å²) in [5, 5.41) is 4.52. The van der Waals surface area contributed by atoms with Crippen molar-refractivity contribution in [3.63, 3.8) is 0 Å². The Kier molecular flexibility index (Phi) is 4.73. The Bertz CT molecular complexity index is 894. The average molecular weight is 346 g/mol. The number of aryl methyl sites for hydroxylation is 1. The van der Waals surface area contributed by atoms with Crippen LogP contribution < -0.4 is 11.1 Å². The first kappa shape index (κ1) is 16.7. The van der Waals surface area contributed by atoms with Gasteiger partial charge in [-0.3, -0.25) is 4.57 Å². The zero-order chi connectivity index (χ0) is 17.3. The van der Waals surface area contributed by atoms with Crippen LogP contribution in [0.4, 0.5) is 5.69 Å². The van der Waals surface area contributed by atoms with Crippen LogP contribution in [0.1, 0.15) is 22.9 Å². The van der Waals surface area contributed by atoms with E-state index in [4.69, 9.17) is 4.42 Å². The van der Waals surface area contributed by atoms with Crippen LogP contribution in [0.15, 0.2) is 33.6 Å². The lowest BCUT2D eigenvalue weighted by atomic mass is 10.2. The molecule has 0 spiro atoms. The molecule has 128 valence electrons. The molecular weight excluding hydrogens is 324 g/mol. The van der Waals surface area contributed by atoms with Gasteiger partial charge in [-0.15, -0.1) is 11.3 Å². The van der Waals surface area contributed by atoms with Gasteiger partial charge in [0.05, 0.1) is 16.6 Å². The van der Waals surface area contributed by atoms with Gasteiger partial charge in [-0.05, 0) is 46.1 Å². The SMILES string of the molecule is Cc1ncc([C@@H](C)Nc2ccc3oc(=O)n(CCN(C)C)c3c2)s1. The highest BCUT2D eigenvalue weighted by molar-refractivity contribution is 7.11. The molecule has 2 heterocycles. The maximum atomic E-state index is 12.1. The molecule has 0 bridgehead atoms. The number of anilines is 1. The number of fused-ring (bicyclic) bond motifs is 1. The summed E-state index contributed by atoms with van der Waals surface area (Å²) in [5.74, 6) is -0.310. The number of rotatable bonds is 6. The van der Waals surface area contributed by atoms with Gasteiger partial charge >= 0.3 is 5.76 Å². The van der Waals surface area contributed by atoms with E-state index in [1.807, 2.05) is 50.3 Å². The molecule has 0 fully saturated rings. The molecular formula is C17H22N4O2S. The van der Waals surface area contributed by atoms with Crippen molar-refractivity contribution in [3.05, 3.63) is 44.8 Å². The maximum Gasteiger partial charge on any atom is 0.419 e. The predicted molar refractivity (Wildman–Crippen MR) is 97.9 cm³/mol. The minimum absolute atomic E-state index is 0.155. The minimum atomic E-state index is -0.310. The Morgan fingerprint density at radius 2 is 2.21 bits per heavy atom. The summed E-state index contributed by atoms with van der Waals surface area (Å²) in [4.78, 5) is 19.6. The standard InChI is InChI=1S/C17H22N4O2S/c1-11(16-10-18-12(2)24-16)19-13-5-6-15-14(9-13)21(17(22)23-15)8-7-20(3)4/h5-6,9-11,19H,7-8H2,1-4H3/t11-/m1/s1. The monoisotopic (exact) mass is 346 g/mol. The molecule has 6 nitrogen and oxygen atoms in total. The number of thiazole rings is 1. The molecule has 0 saturated heterocycles. The summed E-state index contributed by atoms with van der Waals surface area (Å²) < 4.78 is 7.02. The number of nitrogens with one attached hydrogen (secondary N) is 1. The van der Waals surface area contributed by atoms with Gasteiger partial charge < -0.3 is 14.6 Å². The number of likely N-dealkylation sites (N-methyl/N-ethyl adjacent to an activating group) is 1. The van der Waals surface area contributed by atoms with Crippen molar-refractivity contribution in [1.29, 1.82) is 0 Å². The van der Waals surface area contributed by atoms with Crippen LogP contribution in [0.5, 0.6) is 0 Å². The number of hydrogen-bond acceptors (Lipinski definition) is 6. The fraction of sp³-hybridized carbons (Fsp3) is 0.412. The number of benzene rings is 1. The molecule has 1 atom stereocenters. The fourth-order valence-corrected chi connectivity index (χ4v) is 3.35. The summed E-state index contributed by atoms with van der Waals surface area (Å²) in [6, 6.07) is 5.91. The third-order valence-electron chi connectivity index (χ3n) is 3.89. The second-order valence-electron chi connectivity index (χ2n) is 6.15. The highest BCUT2D eigenvalue weighted by Gasteiger charge is 2.12. The highest BCUT2D eigenvalue weighted by atomic mass is 32.1. The van der Waals surface area contributed by atoms with Crippen molar-refractivity contribution in [1.82, 2.24) is 14.5 Å². The van der Waals surface area contributed by atoms with Crippen LogP contribution in [0, 0.1) is 6.92 Å². The van der Waals surface area contributed by atoms with E-state index in [2.05, 4.69) is 17.2 Å². The molecule has 0 amide bonds. The van der Waals surface area contributed by atoms with E-state index in [-0.39, 0.29) is 11.8 Å². The van der Waals surface area contributed by atoms with E-state index < -0.39 is 0 Å². The molecule has 0 saturated carbocycles. The third-order valence-corrected chi connectivity index (χ3v) is 4.98. The second-order valence-corrected chi connectivity index (χ2v) is 7.42. The van der Waals surface area contributed by atoms with E-state index in [0.717, 1.165) is 22.8 Å². The molecule has 0 aliphatic heterocycles. The van der Waals surface area contributed by atoms with Gasteiger partial charge in [0.2, 0.25) is 0 Å². The molecule has 3 aromatic rings. The largest absolute Gasteiger partial charge is 0.419 e. The van der Waals surface area contributed by atoms with E-state index in [9.17, 15) is 4.79 Å². The smallest absolute Gasteiger partial charge is 0.408 e. The number of nitrogens with zero attached hydrogens (tertiary/aromatic N) is 3. The lowest BCUT2D eigenvalue weighted by molar-refractivity contribution is 0.374. The molecule has 1 aromatic carbocycles. The molecule has 24 heavy (non-hydrogen) atoms. The first-order valence-electron chi connectivity index (χ1n) is 7.91. The quantitative estimate of drug-likeness (QED) is 0.743. The maximum absolute atomic E-state index is 12.1. The summed E-state index contributed by atoms with van der Waals surface area (Å²) >= 11 is 1.68. The Balaban J connectivity index is 1.87. The fourth-order valence-electron chi connectivity index (χ4n) is 2.56. The van der Waals surface area contributed by atoms with Crippen molar-refractivity contribution < 1.29 is 4.42 Å². The van der Waals surface area contributed by atoms with Gasteiger partial charge in [0.25, 0.3) is 0 Å². The number of hydrogen-bond donors (Lipinski definition) is 1. The molecule has 0 aliphatic rings. The van der Waals surface area contributed by atoms with Crippen molar-refractivity contribution >= 4 is 28.1 Å². The van der Waals surface area contributed by atoms with Crippen LogP contribution in [-0.2, 0) is 6.54 Å². The second kappa shape index (κ2) is 6.78. The van der Waals surface area contributed by atoms with Crippen LogP contribution in [-0.4, -0.2) is 35.1 Å². The summed E-state index contributed by atoms with van der Waals surface area (Å²) in [5.41, 5.74) is 2.39. The van der Waals surface area contributed by atoms with Crippen molar-refractivity contribution in [2.75, 3.05) is 26.0 Å². The topological polar surface area (TPSA) is 63.3 Å². The van der Waals surface area contributed by atoms with E-state index in [0.29, 0.717) is 12.1 Å². The van der Waals surface area contributed by atoms with Crippen LogP contribution >= 0.6 is 11.3 Å². The molecule has 0 unspecified atom stereocenters. The van der Waals surface area contributed by atoms with Crippen molar-refractivity contribution in [2.24, 2.45) is 0 Å². The van der Waals surface area contributed by atoms with Crippen molar-refractivity contribution in [3.8, 4) is 0 Å². The van der Waals surface area contributed by atoms with Gasteiger partial charge in [-0.2, -0.15) is 0 Å². The summed E-state index contributed by atoms with van der Waals surface area (Å²) in [6.45, 7) is 5.49. The zero-order valence-electron chi connectivity index (χ0n) is 14.4. The van der Waals surface area contributed by atoms with Gasteiger partial charge in [0.1, 0.15) is 0 Å². The average Bonchev–Trinajstić information content (AvgIpc) is 3.08. The van der Waals surface area contributed by atoms with Gasteiger partial charge in [-0.1, -0.05) is 0 Å². The molecule has 7 heteroatoms. The third kappa shape index (κ3) is 3.52. The van der Waals surface area contributed by atoms with E-state index in [1.54, 1.807) is 15.9 Å². The van der Waals surface area contributed by atoms with Gasteiger partial charge in [0, 0.05) is 29.9 Å². The Hall–Kier alpha value is -2.12. The molecule has 0 aliphatic carbocycles.